The quantitative estimate of drug-likeness (QED) is 0.243. The van der Waals surface area contributed by atoms with Crippen LogP contribution in [0.15, 0.2) is 20.1 Å². The molecule has 0 spiro atoms. The molecule has 0 heterocycles. The predicted octanol–water partition coefficient (Wildman–Crippen LogP) is 7.54. The highest BCUT2D eigenvalue weighted by molar-refractivity contribution is 6.67. The summed E-state index contributed by atoms with van der Waals surface area (Å²) in [6, 6.07) is 0. The fourth-order valence-corrected chi connectivity index (χ4v) is 10.8. The van der Waals surface area contributed by atoms with E-state index in [0.29, 0.717) is 0 Å². The van der Waals surface area contributed by atoms with Crippen molar-refractivity contribution < 1.29 is 19.4 Å². The molecule has 4 aliphatic rings. The monoisotopic (exact) mass is 696 g/mol. The Morgan fingerprint density at radius 1 is 0.758 bits per heavy atom. The minimum atomic E-state index is -2.27. The number of hydrogen-bond acceptors (Lipinski definition) is 3. The molecule has 2 saturated carbocycles. The second-order valence-electron chi connectivity index (χ2n) is 8.17. The Morgan fingerprint density at radius 2 is 1.21 bits per heavy atom. The highest BCUT2D eigenvalue weighted by Gasteiger charge is 2.86. The van der Waals surface area contributed by atoms with Crippen LogP contribution >= 0.6 is 139 Å². The summed E-state index contributed by atoms with van der Waals surface area (Å²) in [5.41, 5.74) is 0. The number of carboxylic acids is 1. The number of halogens is 12. The van der Waals surface area contributed by atoms with Crippen molar-refractivity contribution >= 4 is 151 Å². The van der Waals surface area contributed by atoms with E-state index in [4.69, 9.17) is 144 Å². The average molecular weight is 702 g/mol. The van der Waals surface area contributed by atoms with Crippen LogP contribution in [0, 0.1) is 17.8 Å². The third kappa shape index (κ3) is 2.86. The van der Waals surface area contributed by atoms with E-state index in [0.717, 1.165) is 0 Å². The largest absolute Gasteiger partial charge is 0.481 e. The lowest BCUT2D eigenvalue weighted by molar-refractivity contribution is -0.158. The first kappa shape index (κ1) is 27.9. The maximum Gasteiger partial charge on any atom is 0.312 e. The Balaban J connectivity index is 1.66. The Morgan fingerprint density at radius 3 is 1.64 bits per heavy atom. The van der Waals surface area contributed by atoms with Crippen molar-refractivity contribution in [2.24, 2.45) is 17.8 Å². The zero-order valence-corrected chi connectivity index (χ0v) is 24.4. The van der Waals surface area contributed by atoms with E-state index in [1.165, 1.54) is 0 Å². The molecule has 33 heavy (non-hydrogen) atoms. The van der Waals surface area contributed by atoms with Gasteiger partial charge in [0.2, 0.25) is 0 Å². The minimum absolute atomic E-state index is 0.00663. The number of rotatable bonds is 4. The van der Waals surface area contributed by atoms with Crippen LogP contribution in [0.2, 0.25) is 0 Å². The van der Waals surface area contributed by atoms with Crippen LogP contribution in [0.25, 0.3) is 0 Å². The summed E-state index contributed by atoms with van der Waals surface area (Å²) in [5, 5.41) is 8.99. The normalized spacial score (nSPS) is 47.0. The second kappa shape index (κ2) is 7.96. The lowest BCUT2D eigenvalue weighted by atomic mass is 9.82. The molecular formula is C17H8Cl12O4. The van der Waals surface area contributed by atoms with Crippen LogP contribution in [0.4, 0.5) is 0 Å². The molecule has 4 aliphatic carbocycles. The van der Waals surface area contributed by atoms with E-state index >= 15 is 0 Å². The number of carbonyl (C=O) groups excluding carboxylic acids is 1. The fraction of sp³-hybridized carbons (Fsp3) is 0.647. The van der Waals surface area contributed by atoms with Crippen molar-refractivity contribution in [3.05, 3.63) is 20.1 Å². The molecule has 4 rings (SSSR count). The molecule has 2 fully saturated rings. The number of ether oxygens (including phenoxy) is 1. The van der Waals surface area contributed by atoms with Crippen LogP contribution in [0.1, 0.15) is 6.42 Å². The van der Waals surface area contributed by atoms with Gasteiger partial charge in [-0.25, -0.2) is 0 Å². The van der Waals surface area contributed by atoms with Crippen molar-refractivity contribution in [2.45, 2.75) is 34.6 Å². The molecule has 0 unspecified atom stereocenters. The molecule has 0 aromatic rings. The van der Waals surface area contributed by atoms with Crippen molar-refractivity contribution in [1.82, 2.24) is 0 Å². The van der Waals surface area contributed by atoms with Gasteiger partial charge in [0.05, 0.1) is 38.6 Å². The number of carboxylic acid groups (broad SMARTS) is 1. The van der Waals surface area contributed by atoms with Gasteiger partial charge >= 0.3 is 11.9 Å². The van der Waals surface area contributed by atoms with E-state index < -0.39 is 64.5 Å². The summed E-state index contributed by atoms with van der Waals surface area (Å²) >= 11 is 76.8. The number of alkyl halides is 8. The Labute approximate surface area is 247 Å². The Kier molecular flexibility index (Phi) is 6.73. The third-order valence-corrected chi connectivity index (χ3v) is 15.4. The lowest BCUT2D eigenvalue weighted by Gasteiger charge is -2.35. The molecule has 0 radical (unpaired) electrons. The van der Waals surface area contributed by atoms with Crippen molar-refractivity contribution in [1.29, 1.82) is 0 Å². The van der Waals surface area contributed by atoms with Gasteiger partial charge in [0, 0.05) is 5.92 Å². The first-order chi connectivity index (χ1) is 14.8. The standard InChI is InChI=1S/C17H8Cl12O4/c18-6-7(19)13(23)3(1-12(6,22)16(13,26)27)2-33-11(32)5-4(10(30)31)14(24)8(20)9(21)15(5,25)17(14,28)29/h3-5H,1-2H2,(H,30,31)/t3-,4+,5-,12-,13-,14-,15-/m0/s1. The van der Waals surface area contributed by atoms with Crippen LogP contribution in [-0.2, 0) is 14.3 Å². The molecule has 0 aromatic heterocycles. The summed E-state index contributed by atoms with van der Waals surface area (Å²) in [4.78, 5) is 17.7. The SMILES string of the molecule is O=C(OC[C@@H]1C[C@]2(Cl)C(Cl)=C(Cl)[C@]1(Cl)C2(Cl)Cl)[C@@H]1[C@H](C(=O)O)[C@]2(Cl)C(Cl)=C(Cl)[C@]1(Cl)C2(Cl)Cl. The van der Waals surface area contributed by atoms with Gasteiger partial charge in [-0.05, 0) is 6.42 Å². The van der Waals surface area contributed by atoms with E-state index in [1.54, 1.807) is 0 Å². The summed E-state index contributed by atoms with van der Waals surface area (Å²) in [6.45, 7) is -0.434. The molecule has 0 amide bonds. The van der Waals surface area contributed by atoms with E-state index in [9.17, 15) is 14.7 Å². The molecule has 16 heteroatoms. The van der Waals surface area contributed by atoms with Crippen LogP contribution in [0.5, 0.6) is 0 Å². The molecule has 0 saturated heterocycles. The van der Waals surface area contributed by atoms with Gasteiger partial charge < -0.3 is 9.84 Å². The van der Waals surface area contributed by atoms with Crippen molar-refractivity contribution in [3.63, 3.8) is 0 Å². The Hall–Kier alpha value is 1.90. The van der Waals surface area contributed by atoms with Crippen LogP contribution in [-0.4, -0.2) is 51.8 Å². The molecule has 0 aromatic carbocycles. The van der Waals surface area contributed by atoms with Gasteiger partial charge in [0.25, 0.3) is 0 Å². The maximum absolute atomic E-state index is 13.2. The topological polar surface area (TPSA) is 63.6 Å². The van der Waals surface area contributed by atoms with Crippen molar-refractivity contribution in [3.8, 4) is 0 Å². The molecule has 0 aliphatic heterocycles. The van der Waals surface area contributed by atoms with E-state index in [-0.39, 0.29) is 26.5 Å². The summed E-state index contributed by atoms with van der Waals surface area (Å²) < 4.78 is 1.29. The van der Waals surface area contributed by atoms with Gasteiger partial charge in [0.15, 0.2) is 8.67 Å². The first-order valence-corrected chi connectivity index (χ1v) is 13.4. The highest BCUT2D eigenvalue weighted by Crippen LogP contribution is 2.77. The maximum atomic E-state index is 13.2. The second-order valence-corrected chi connectivity index (χ2v) is 14.8. The molecule has 184 valence electrons. The van der Waals surface area contributed by atoms with Gasteiger partial charge in [0.1, 0.15) is 19.5 Å². The number of aliphatic carboxylic acids is 1. The summed E-state index contributed by atoms with van der Waals surface area (Å²) in [7, 11) is 0. The number of esters is 1. The van der Waals surface area contributed by atoms with Crippen molar-refractivity contribution in [2.75, 3.05) is 6.61 Å². The number of fused-ring (bicyclic) bond motifs is 4. The third-order valence-electron chi connectivity index (χ3n) is 6.79. The van der Waals surface area contributed by atoms with Gasteiger partial charge in [-0.1, -0.05) is 92.8 Å². The molecule has 4 nitrogen and oxygen atoms in total. The number of allylic oxidation sites excluding steroid dienone is 4. The Bertz CT molecular complexity index is 1060. The summed E-state index contributed by atoms with van der Waals surface area (Å²) in [5.74, 6) is -6.98. The molecular weight excluding hydrogens is 694 g/mol. The van der Waals surface area contributed by atoms with Gasteiger partial charge in [-0.3, -0.25) is 9.59 Å². The zero-order valence-electron chi connectivity index (χ0n) is 15.4. The smallest absolute Gasteiger partial charge is 0.312 e. The number of hydrogen-bond donors (Lipinski definition) is 1. The summed E-state index contributed by atoms with van der Waals surface area (Å²) in [6.07, 6.45) is -0.00663. The van der Waals surface area contributed by atoms with Crippen LogP contribution in [0.3, 0.4) is 0 Å². The molecule has 4 bridgehead atoms. The first-order valence-electron chi connectivity index (χ1n) is 8.84. The molecule has 1 N–H and O–H groups in total. The van der Waals surface area contributed by atoms with E-state index in [2.05, 4.69) is 0 Å². The highest BCUT2D eigenvalue weighted by atomic mass is 35.5. The number of carbonyl (C=O) groups is 2. The minimum Gasteiger partial charge on any atom is -0.481 e. The average Bonchev–Trinajstić information content (AvgIpc) is 3.06. The lowest BCUT2D eigenvalue weighted by Crippen LogP contribution is -2.47. The zero-order chi connectivity index (χ0) is 25.3. The van der Waals surface area contributed by atoms with Crippen LogP contribution < -0.4 is 0 Å². The predicted molar refractivity (Wildman–Crippen MR) is 134 cm³/mol. The van der Waals surface area contributed by atoms with E-state index in [1.807, 2.05) is 0 Å². The van der Waals surface area contributed by atoms with Gasteiger partial charge in [-0.2, -0.15) is 0 Å². The fourth-order valence-electron chi connectivity index (χ4n) is 5.07. The van der Waals surface area contributed by atoms with Gasteiger partial charge in [-0.15, -0.1) is 46.4 Å². The molecule has 7 atom stereocenters.